The summed E-state index contributed by atoms with van der Waals surface area (Å²) in [5, 5.41) is 22.5. The molecule has 32 heavy (non-hydrogen) atoms. The molecular formula is C26H20FN3O2. The van der Waals surface area contributed by atoms with Crippen LogP contribution < -0.4 is 5.32 Å². The number of hydrogen-bond donors (Lipinski definition) is 2. The number of aromatic nitrogens is 1. The van der Waals surface area contributed by atoms with Crippen molar-refractivity contribution in [1.82, 2.24) is 4.98 Å². The first-order valence-electron chi connectivity index (χ1n) is 10.1. The lowest BCUT2D eigenvalue weighted by Crippen LogP contribution is -2.26. The fourth-order valence-corrected chi connectivity index (χ4v) is 3.69. The number of aliphatic carboxylic acids is 1. The Hall–Kier alpha value is -4.24. The minimum absolute atomic E-state index is 0.167. The number of nitrogens with one attached hydrogen (secondary N) is 1. The van der Waals surface area contributed by atoms with E-state index < -0.39 is 17.8 Å². The molecule has 6 heteroatoms. The predicted octanol–water partition coefficient (Wildman–Crippen LogP) is 5.77. The van der Waals surface area contributed by atoms with Gasteiger partial charge in [-0.3, -0.25) is 4.79 Å². The zero-order chi connectivity index (χ0) is 22.8. The summed E-state index contributed by atoms with van der Waals surface area (Å²) in [6.45, 7) is 3.51. The Balaban J connectivity index is 1.89. The highest BCUT2D eigenvalue weighted by Gasteiger charge is 2.21. The number of carbonyl (C=O) groups is 1. The van der Waals surface area contributed by atoms with E-state index in [1.165, 1.54) is 25.1 Å². The molecule has 0 aliphatic rings. The smallest absolute Gasteiger partial charge is 0.325 e. The second kappa shape index (κ2) is 8.48. The monoisotopic (exact) mass is 425 g/mol. The van der Waals surface area contributed by atoms with Crippen molar-refractivity contribution in [2.45, 2.75) is 19.9 Å². The van der Waals surface area contributed by atoms with Crippen LogP contribution >= 0.6 is 0 Å². The molecule has 0 aliphatic heterocycles. The summed E-state index contributed by atoms with van der Waals surface area (Å²) in [5.74, 6) is -1.58. The van der Waals surface area contributed by atoms with Crippen molar-refractivity contribution in [3.63, 3.8) is 0 Å². The fraction of sp³-hybridized carbons (Fsp3) is 0.115. The second-order valence-corrected chi connectivity index (χ2v) is 7.58. The van der Waals surface area contributed by atoms with Crippen LogP contribution in [-0.4, -0.2) is 22.1 Å². The molecule has 0 saturated heterocycles. The first-order valence-corrected chi connectivity index (χ1v) is 10.1. The van der Waals surface area contributed by atoms with Gasteiger partial charge in [-0.25, -0.2) is 9.37 Å². The van der Waals surface area contributed by atoms with Crippen molar-refractivity contribution in [3.8, 4) is 28.5 Å². The fourth-order valence-electron chi connectivity index (χ4n) is 3.69. The SMILES string of the molecule is Cc1ccccc1-c1ccc(-c2nc3ccc(F)cc3c(NC(C)C(=O)O)c2C#N)cc1. The van der Waals surface area contributed by atoms with Crippen LogP contribution in [0.15, 0.2) is 66.7 Å². The van der Waals surface area contributed by atoms with Gasteiger partial charge in [0.2, 0.25) is 0 Å². The van der Waals surface area contributed by atoms with E-state index >= 15 is 0 Å². The standard InChI is InChI=1S/C26H20FN3O2/c1-15-5-3-4-6-20(15)17-7-9-18(10-8-17)24-22(14-28)25(29-16(2)26(31)32)21-13-19(27)11-12-23(21)30-24/h3-13,16H,1-2H3,(H,29,30)(H,31,32). The summed E-state index contributed by atoms with van der Waals surface area (Å²) < 4.78 is 14.0. The predicted molar refractivity (Wildman–Crippen MR) is 123 cm³/mol. The molecule has 4 rings (SSSR count). The zero-order valence-electron chi connectivity index (χ0n) is 17.6. The average molecular weight is 425 g/mol. The Kier molecular flexibility index (Phi) is 5.57. The van der Waals surface area contributed by atoms with E-state index in [1.54, 1.807) is 0 Å². The molecule has 2 N–H and O–H groups in total. The molecule has 1 aromatic heterocycles. The highest BCUT2D eigenvalue weighted by molar-refractivity contribution is 5.99. The van der Waals surface area contributed by atoms with Gasteiger partial charge in [-0.1, -0.05) is 48.5 Å². The van der Waals surface area contributed by atoms with Crippen molar-refractivity contribution in [2.75, 3.05) is 5.32 Å². The van der Waals surface area contributed by atoms with Gasteiger partial charge in [0.05, 0.1) is 16.9 Å². The van der Waals surface area contributed by atoms with Crippen molar-refractivity contribution in [1.29, 1.82) is 5.26 Å². The molecular weight excluding hydrogens is 405 g/mol. The number of halogens is 1. The number of benzene rings is 3. The van der Waals surface area contributed by atoms with Gasteiger partial charge in [-0.15, -0.1) is 0 Å². The van der Waals surface area contributed by atoms with Gasteiger partial charge in [0.1, 0.15) is 23.5 Å². The molecule has 5 nitrogen and oxygen atoms in total. The summed E-state index contributed by atoms with van der Waals surface area (Å²) in [6, 6.07) is 21.0. The molecule has 1 unspecified atom stereocenters. The second-order valence-electron chi connectivity index (χ2n) is 7.58. The van der Waals surface area contributed by atoms with Crippen LogP contribution in [0.2, 0.25) is 0 Å². The molecule has 0 spiro atoms. The highest BCUT2D eigenvalue weighted by Crippen LogP contribution is 2.35. The Morgan fingerprint density at radius 3 is 2.44 bits per heavy atom. The van der Waals surface area contributed by atoms with E-state index in [4.69, 9.17) is 0 Å². The van der Waals surface area contributed by atoms with E-state index in [-0.39, 0.29) is 11.3 Å². The van der Waals surface area contributed by atoms with Gasteiger partial charge in [0, 0.05) is 10.9 Å². The van der Waals surface area contributed by atoms with Crippen molar-refractivity contribution in [2.24, 2.45) is 0 Å². The highest BCUT2D eigenvalue weighted by atomic mass is 19.1. The molecule has 0 radical (unpaired) electrons. The number of carboxylic acids is 1. The normalized spacial score (nSPS) is 11.7. The average Bonchev–Trinajstić information content (AvgIpc) is 2.79. The number of hydrogen-bond acceptors (Lipinski definition) is 4. The van der Waals surface area contributed by atoms with E-state index in [9.17, 15) is 19.6 Å². The molecule has 1 heterocycles. The molecule has 3 aromatic carbocycles. The van der Waals surface area contributed by atoms with Crippen LogP contribution in [0, 0.1) is 24.1 Å². The number of rotatable bonds is 5. The molecule has 0 amide bonds. The van der Waals surface area contributed by atoms with Gasteiger partial charge in [-0.2, -0.15) is 5.26 Å². The van der Waals surface area contributed by atoms with E-state index in [0.717, 1.165) is 16.7 Å². The summed E-state index contributed by atoms with van der Waals surface area (Å²) >= 11 is 0. The van der Waals surface area contributed by atoms with Crippen LogP contribution in [-0.2, 0) is 4.79 Å². The van der Waals surface area contributed by atoms with Crippen LogP contribution in [0.5, 0.6) is 0 Å². The topological polar surface area (TPSA) is 86.0 Å². The van der Waals surface area contributed by atoms with Crippen molar-refractivity contribution >= 4 is 22.6 Å². The number of anilines is 1. The van der Waals surface area contributed by atoms with Gasteiger partial charge >= 0.3 is 5.97 Å². The minimum Gasteiger partial charge on any atom is -0.480 e. The molecule has 1 atom stereocenters. The lowest BCUT2D eigenvalue weighted by Gasteiger charge is -2.17. The lowest BCUT2D eigenvalue weighted by atomic mass is 9.96. The largest absolute Gasteiger partial charge is 0.480 e. The third-order valence-electron chi connectivity index (χ3n) is 5.40. The first-order chi connectivity index (χ1) is 15.4. The molecule has 0 aliphatic carbocycles. The Morgan fingerprint density at radius 1 is 1.09 bits per heavy atom. The van der Waals surface area contributed by atoms with Crippen molar-refractivity contribution in [3.05, 3.63) is 83.7 Å². The summed E-state index contributed by atoms with van der Waals surface area (Å²) in [4.78, 5) is 16.0. The van der Waals surface area contributed by atoms with Crippen LogP contribution in [0.4, 0.5) is 10.1 Å². The summed E-state index contributed by atoms with van der Waals surface area (Å²) in [6.07, 6.45) is 0. The number of carboxylic acid groups (broad SMARTS) is 1. The molecule has 4 aromatic rings. The van der Waals surface area contributed by atoms with E-state index in [2.05, 4.69) is 16.4 Å². The molecule has 0 bridgehead atoms. The Bertz CT molecular complexity index is 1370. The summed E-state index contributed by atoms with van der Waals surface area (Å²) in [5.41, 5.74) is 5.29. The van der Waals surface area contributed by atoms with Gasteiger partial charge in [0.15, 0.2) is 0 Å². The number of nitrogens with zero attached hydrogens (tertiary/aromatic N) is 2. The summed E-state index contributed by atoms with van der Waals surface area (Å²) in [7, 11) is 0. The van der Waals surface area contributed by atoms with E-state index in [0.29, 0.717) is 22.2 Å². The number of fused-ring (bicyclic) bond motifs is 1. The number of pyridine rings is 1. The van der Waals surface area contributed by atoms with Crippen LogP contribution in [0.3, 0.4) is 0 Å². The van der Waals surface area contributed by atoms with E-state index in [1.807, 2.05) is 55.5 Å². The maximum absolute atomic E-state index is 14.0. The van der Waals surface area contributed by atoms with Crippen LogP contribution in [0.25, 0.3) is 33.3 Å². The molecule has 0 fully saturated rings. The van der Waals surface area contributed by atoms with Gasteiger partial charge in [0.25, 0.3) is 0 Å². The van der Waals surface area contributed by atoms with Crippen molar-refractivity contribution < 1.29 is 14.3 Å². The van der Waals surface area contributed by atoms with Gasteiger partial charge < -0.3 is 10.4 Å². The van der Waals surface area contributed by atoms with Gasteiger partial charge in [-0.05, 0) is 48.7 Å². The third kappa shape index (κ3) is 3.88. The molecule has 158 valence electrons. The third-order valence-corrected chi connectivity index (χ3v) is 5.40. The Morgan fingerprint density at radius 2 is 1.78 bits per heavy atom. The maximum atomic E-state index is 14.0. The quantitative estimate of drug-likeness (QED) is 0.424. The number of aryl methyl sites for hydroxylation is 1. The van der Waals surface area contributed by atoms with Crippen LogP contribution in [0.1, 0.15) is 18.1 Å². The molecule has 0 saturated carbocycles. The maximum Gasteiger partial charge on any atom is 0.325 e. The Labute approximate surface area is 184 Å². The first kappa shape index (κ1) is 21.0. The lowest BCUT2D eigenvalue weighted by molar-refractivity contribution is -0.137. The minimum atomic E-state index is -1.08. The zero-order valence-corrected chi connectivity index (χ0v) is 17.6. The number of nitriles is 1.